The van der Waals surface area contributed by atoms with Crippen LogP contribution in [0.5, 0.6) is 0 Å². The number of hydroxylamine groups is 1. The molecule has 0 unspecified atom stereocenters. The molecule has 0 aliphatic rings. The summed E-state index contributed by atoms with van der Waals surface area (Å²) in [5.41, 5.74) is 6.32. The molecule has 2 aromatic rings. The van der Waals surface area contributed by atoms with Crippen molar-refractivity contribution in [1.29, 1.82) is 0 Å². The summed E-state index contributed by atoms with van der Waals surface area (Å²) in [6.07, 6.45) is 0. The van der Waals surface area contributed by atoms with Crippen LogP contribution in [0.2, 0.25) is 0 Å². The lowest BCUT2D eigenvalue weighted by Crippen LogP contribution is -2.17. The minimum absolute atomic E-state index is 0.536. The predicted molar refractivity (Wildman–Crippen MR) is 74.1 cm³/mol. The summed E-state index contributed by atoms with van der Waals surface area (Å²) in [6.45, 7) is 7.71. The van der Waals surface area contributed by atoms with Crippen LogP contribution in [0.4, 0.5) is 0 Å². The average Bonchev–Trinajstić information content (AvgIpc) is 2.34. The maximum atomic E-state index is 5.42. The van der Waals surface area contributed by atoms with Crippen LogP contribution in [0.15, 0.2) is 30.3 Å². The van der Waals surface area contributed by atoms with E-state index in [4.69, 9.17) is 4.84 Å². The van der Waals surface area contributed by atoms with Crippen LogP contribution in [0, 0.1) is 12.8 Å². The predicted octanol–water partition coefficient (Wildman–Crippen LogP) is 3.22. The van der Waals surface area contributed by atoms with Crippen molar-refractivity contribution in [3.8, 4) is 0 Å². The summed E-state index contributed by atoms with van der Waals surface area (Å²) >= 11 is 0. The Morgan fingerprint density at radius 2 is 2.06 bits per heavy atom. The molecule has 1 N–H and O–H groups in total. The lowest BCUT2D eigenvalue weighted by Gasteiger charge is -2.10. The Labute approximate surface area is 108 Å². The number of hydrogen-bond acceptors (Lipinski definition) is 3. The number of nitrogens with zero attached hydrogens (tertiary/aromatic N) is 1. The molecule has 0 spiro atoms. The Hall–Kier alpha value is -1.45. The third-order valence-electron chi connectivity index (χ3n) is 2.71. The van der Waals surface area contributed by atoms with E-state index in [2.05, 4.69) is 36.4 Å². The standard InChI is InChI=1S/C15H20N2O/c1-11(2)10-18-16-9-13-8-12(3)17-15-7-5-4-6-14(13)15/h4-8,11,16H,9-10H2,1-3H3. The molecular weight excluding hydrogens is 224 g/mol. The molecule has 96 valence electrons. The lowest BCUT2D eigenvalue weighted by molar-refractivity contribution is 0.0198. The van der Waals surface area contributed by atoms with Crippen LogP contribution in [0.1, 0.15) is 25.1 Å². The number of rotatable bonds is 5. The molecule has 2 rings (SSSR count). The summed E-state index contributed by atoms with van der Waals surface area (Å²) in [5.74, 6) is 0.536. The monoisotopic (exact) mass is 244 g/mol. The number of aryl methyl sites for hydroxylation is 1. The largest absolute Gasteiger partial charge is 0.301 e. The highest BCUT2D eigenvalue weighted by molar-refractivity contribution is 5.82. The lowest BCUT2D eigenvalue weighted by atomic mass is 10.1. The zero-order chi connectivity index (χ0) is 13.0. The van der Waals surface area contributed by atoms with Gasteiger partial charge in [-0.1, -0.05) is 32.0 Å². The van der Waals surface area contributed by atoms with E-state index in [-0.39, 0.29) is 0 Å². The first kappa shape index (κ1) is 13.0. The van der Waals surface area contributed by atoms with Gasteiger partial charge >= 0.3 is 0 Å². The zero-order valence-corrected chi connectivity index (χ0v) is 11.2. The molecule has 0 saturated carbocycles. The summed E-state index contributed by atoms with van der Waals surface area (Å²) < 4.78 is 0. The van der Waals surface area contributed by atoms with Crippen molar-refractivity contribution in [2.24, 2.45) is 5.92 Å². The second-order valence-electron chi connectivity index (χ2n) is 4.97. The fourth-order valence-electron chi connectivity index (χ4n) is 1.90. The van der Waals surface area contributed by atoms with Gasteiger partial charge in [0.2, 0.25) is 0 Å². The summed E-state index contributed by atoms with van der Waals surface area (Å²) in [4.78, 5) is 9.94. The van der Waals surface area contributed by atoms with Crippen molar-refractivity contribution in [2.45, 2.75) is 27.3 Å². The molecule has 0 saturated heterocycles. The highest BCUT2D eigenvalue weighted by Crippen LogP contribution is 2.17. The molecular formula is C15H20N2O. The molecule has 1 aromatic carbocycles. The van der Waals surface area contributed by atoms with Gasteiger partial charge in [0.05, 0.1) is 12.1 Å². The van der Waals surface area contributed by atoms with Gasteiger partial charge < -0.3 is 4.84 Å². The van der Waals surface area contributed by atoms with Crippen LogP contribution in [-0.4, -0.2) is 11.6 Å². The van der Waals surface area contributed by atoms with Gasteiger partial charge in [-0.05, 0) is 30.5 Å². The van der Waals surface area contributed by atoms with E-state index in [1.54, 1.807) is 0 Å². The molecule has 0 amide bonds. The van der Waals surface area contributed by atoms with Crippen molar-refractivity contribution in [3.63, 3.8) is 0 Å². The Kier molecular flexibility index (Phi) is 4.28. The maximum absolute atomic E-state index is 5.42. The van der Waals surface area contributed by atoms with Crippen molar-refractivity contribution in [1.82, 2.24) is 10.5 Å². The number of benzene rings is 1. The first-order valence-electron chi connectivity index (χ1n) is 6.36. The molecule has 3 heteroatoms. The SMILES string of the molecule is Cc1cc(CNOCC(C)C)c2ccccc2n1. The highest BCUT2D eigenvalue weighted by Gasteiger charge is 2.03. The first-order chi connectivity index (χ1) is 8.66. The van der Waals surface area contributed by atoms with Gasteiger partial charge in [0, 0.05) is 17.6 Å². The molecule has 0 fully saturated rings. The number of fused-ring (bicyclic) bond motifs is 1. The van der Waals surface area contributed by atoms with E-state index in [1.807, 2.05) is 25.1 Å². The van der Waals surface area contributed by atoms with Gasteiger partial charge in [-0.2, -0.15) is 5.48 Å². The van der Waals surface area contributed by atoms with Crippen molar-refractivity contribution >= 4 is 10.9 Å². The Balaban J connectivity index is 2.12. The van der Waals surface area contributed by atoms with Crippen LogP contribution < -0.4 is 5.48 Å². The van der Waals surface area contributed by atoms with Gasteiger partial charge in [0.1, 0.15) is 0 Å². The normalized spacial score (nSPS) is 11.3. The zero-order valence-electron chi connectivity index (χ0n) is 11.2. The second-order valence-corrected chi connectivity index (χ2v) is 4.97. The molecule has 1 heterocycles. The van der Waals surface area contributed by atoms with E-state index >= 15 is 0 Å². The smallest absolute Gasteiger partial charge is 0.0708 e. The third-order valence-corrected chi connectivity index (χ3v) is 2.71. The molecule has 0 aliphatic carbocycles. The maximum Gasteiger partial charge on any atom is 0.0708 e. The van der Waals surface area contributed by atoms with Crippen LogP contribution in [0.25, 0.3) is 10.9 Å². The van der Waals surface area contributed by atoms with E-state index in [9.17, 15) is 0 Å². The molecule has 18 heavy (non-hydrogen) atoms. The number of pyridine rings is 1. The van der Waals surface area contributed by atoms with Crippen molar-refractivity contribution in [3.05, 3.63) is 41.6 Å². The number of para-hydroxylation sites is 1. The van der Waals surface area contributed by atoms with Crippen molar-refractivity contribution in [2.75, 3.05) is 6.61 Å². The molecule has 0 aliphatic heterocycles. The summed E-state index contributed by atoms with van der Waals surface area (Å²) in [7, 11) is 0. The number of nitrogens with one attached hydrogen (secondary N) is 1. The Morgan fingerprint density at radius 3 is 2.83 bits per heavy atom. The first-order valence-corrected chi connectivity index (χ1v) is 6.36. The molecule has 1 aromatic heterocycles. The van der Waals surface area contributed by atoms with Crippen molar-refractivity contribution < 1.29 is 4.84 Å². The van der Waals surface area contributed by atoms with Crippen LogP contribution >= 0.6 is 0 Å². The van der Waals surface area contributed by atoms with Gasteiger partial charge in [-0.3, -0.25) is 4.98 Å². The highest BCUT2D eigenvalue weighted by atomic mass is 16.6. The molecule has 0 atom stereocenters. The fraction of sp³-hybridized carbons (Fsp3) is 0.400. The van der Waals surface area contributed by atoms with Crippen LogP contribution in [-0.2, 0) is 11.4 Å². The third kappa shape index (κ3) is 3.28. The van der Waals surface area contributed by atoms with Gasteiger partial charge in [-0.15, -0.1) is 0 Å². The minimum atomic E-state index is 0.536. The van der Waals surface area contributed by atoms with E-state index < -0.39 is 0 Å². The summed E-state index contributed by atoms with van der Waals surface area (Å²) in [6, 6.07) is 10.3. The van der Waals surface area contributed by atoms with E-state index in [0.717, 1.165) is 17.8 Å². The van der Waals surface area contributed by atoms with Gasteiger partial charge in [0.15, 0.2) is 0 Å². The Morgan fingerprint density at radius 1 is 1.28 bits per heavy atom. The molecule has 0 bridgehead atoms. The Bertz CT molecular complexity index is 523. The topological polar surface area (TPSA) is 34.1 Å². The summed E-state index contributed by atoms with van der Waals surface area (Å²) in [5, 5.41) is 1.18. The molecule has 3 nitrogen and oxygen atoms in total. The number of hydrogen-bond donors (Lipinski definition) is 1. The average molecular weight is 244 g/mol. The second kappa shape index (κ2) is 5.94. The molecule has 0 radical (unpaired) electrons. The van der Waals surface area contributed by atoms with Gasteiger partial charge in [0.25, 0.3) is 0 Å². The van der Waals surface area contributed by atoms with E-state index in [1.165, 1.54) is 10.9 Å². The van der Waals surface area contributed by atoms with Gasteiger partial charge in [-0.25, -0.2) is 0 Å². The quantitative estimate of drug-likeness (QED) is 0.647. The fourth-order valence-corrected chi connectivity index (χ4v) is 1.90. The van der Waals surface area contributed by atoms with E-state index in [0.29, 0.717) is 12.5 Å². The van der Waals surface area contributed by atoms with Crippen LogP contribution in [0.3, 0.4) is 0 Å². The minimum Gasteiger partial charge on any atom is -0.301 e. The number of aromatic nitrogens is 1.